The minimum atomic E-state index is 0.976. The predicted octanol–water partition coefficient (Wildman–Crippen LogP) is 5.03. The second-order valence-electron chi connectivity index (χ2n) is 5.24. The van der Waals surface area contributed by atoms with E-state index >= 15 is 0 Å². The summed E-state index contributed by atoms with van der Waals surface area (Å²) in [6, 6.07) is 0. The van der Waals surface area contributed by atoms with Crippen LogP contribution in [0.2, 0.25) is 0 Å². The van der Waals surface area contributed by atoms with Gasteiger partial charge in [-0.3, -0.25) is 0 Å². The van der Waals surface area contributed by atoms with Gasteiger partial charge in [-0.1, -0.05) is 65.7 Å². The van der Waals surface area contributed by atoms with Crippen LogP contribution in [-0.2, 0) is 0 Å². The van der Waals surface area contributed by atoms with Gasteiger partial charge in [0.15, 0.2) is 0 Å². The van der Waals surface area contributed by atoms with Crippen molar-refractivity contribution < 1.29 is 0 Å². The molecule has 0 amide bonds. The maximum atomic E-state index is 2.46. The molecular weight excluding hydrogens is 168 g/mol. The Balaban J connectivity index is 2.27. The number of unbranched alkanes of at least 4 members (excludes halogenated alkanes) is 2. The summed E-state index contributed by atoms with van der Waals surface area (Å²) >= 11 is 0. The summed E-state index contributed by atoms with van der Waals surface area (Å²) in [5, 5.41) is 0. The lowest BCUT2D eigenvalue weighted by Gasteiger charge is -2.25. The molecule has 0 aliphatic heterocycles. The van der Waals surface area contributed by atoms with E-state index in [1.165, 1.54) is 51.4 Å². The molecule has 3 unspecified atom stereocenters. The van der Waals surface area contributed by atoms with Crippen LogP contribution in [0.3, 0.4) is 0 Å². The van der Waals surface area contributed by atoms with Gasteiger partial charge in [0.1, 0.15) is 0 Å². The zero-order valence-electron chi connectivity index (χ0n) is 10.4. The molecule has 84 valence electrons. The summed E-state index contributed by atoms with van der Waals surface area (Å²) in [6.07, 6.45) is 11.8. The maximum Gasteiger partial charge on any atom is -0.0360 e. The molecule has 0 heterocycles. The standard InChI is InChI=1S/C14H28/c1-4-6-7-9-13-10-8-11-14(13)12(3)5-2/h12-14H,4-11H2,1-3H3. The van der Waals surface area contributed by atoms with Crippen LogP contribution in [0.25, 0.3) is 0 Å². The Labute approximate surface area is 90.5 Å². The third-order valence-electron chi connectivity index (χ3n) is 4.27. The number of hydrogen-bond acceptors (Lipinski definition) is 0. The van der Waals surface area contributed by atoms with Gasteiger partial charge in [-0.25, -0.2) is 0 Å². The van der Waals surface area contributed by atoms with Gasteiger partial charge in [-0.05, 0) is 24.2 Å². The van der Waals surface area contributed by atoms with E-state index < -0.39 is 0 Å². The first-order valence-corrected chi connectivity index (χ1v) is 6.79. The van der Waals surface area contributed by atoms with Crippen LogP contribution in [0, 0.1) is 17.8 Å². The highest BCUT2D eigenvalue weighted by atomic mass is 14.3. The minimum absolute atomic E-state index is 0.976. The zero-order chi connectivity index (χ0) is 10.4. The Hall–Kier alpha value is 0. The molecule has 0 saturated heterocycles. The van der Waals surface area contributed by atoms with E-state index in [9.17, 15) is 0 Å². The first-order chi connectivity index (χ1) is 6.79. The third-order valence-corrected chi connectivity index (χ3v) is 4.27. The fraction of sp³-hybridized carbons (Fsp3) is 1.00. The molecule has 1 saturated carbocycles. The molecule has 0 bridgehead atoms. The van der Waals surface area contributed by atoms with E-state index in [4.69, 9.17) is 0 Å². The van der Waals surface area contributed by atoms with Crippen LogP contribution in [-0.4, -0.2) is 0 Å². The van der Waals surface area contributed by atoms with Crippen molar-refractivity contribution in [3.63, 3.8) is 0 Å². The summed E-state index contributed by atoms with van der Waals surface area (Å²) in [6.45, 7) is 7.12. The quantitative estimate of drug-likeness (QED) is 0.523. The molecule has 0 aromatic carbocycles. The second kappa shape index (κ2) is 6.48. The van der Waals surface area contributed by atoms with E-state index in [0.717, 1.165) is 17.8 Å². The van der Waals surface area contributed by atoms with E-state index in [-0.39, 0.29) is 0 Å². The second-order valence-corrected chi connectivity index (χ2v) is 5.24. The fourth-order valence-corrected chi connectivity index (χ4v) is 3.13. The van der Waals surface area contributed by atoms with Crippen molar-refractivity contribution in [1.29, 1.82) is 0 Å². The van der Waals surface area contributed by atoms with E-state index in [1.54, 1.807) is 0 Å². The Morgan fingerprint density at radius 3 is 2.57 bits per heavy atom. The lowest BCUT2D eigenvalue weighted by Crippen LogP contribution is -2.16. The van der Waals surface area contributed by atoms with Gasteiger partial charge in [0.2, 0.25) is 0 Å². The van der Waals surface area contributed by atoms with Gasteiger partial charge in [-0.2, -0.15) is 0 Å². The molecule has 1 aliphatic rings. The third kappa shape index (κ3) is 3.29. The Kier molecular flexibility index (Phi) is 5.59. The molecule has 0 nitrogen and oxygen atoms in total. The van der Waals surface area contributed by atoms with Gasteiger partial charge in [0.05, 0.1) is 0 Å². The molecule has 1 aliphatic carbocycles. The average Bonchev–Trinajstić information content (AvgIpc) is 2.65. The summed E-state index contributed by atoms with van der Waals surface area (Å²) in [5.74, 6) is 3.12. The van der Waals surface area contributed by atoms with Crippen molar-refractivity contribution >= 4 is 0 Å². The van der Waals surface area contributed by atoms with Crippen molar-refractivity contribution in [3.8, 4) is 0 Å². The van der Waals surface area contributed by atoms with E-state index in [0.29, 0.717) is 0 Å². The predicted molar refractivity (Wildman–Crippen MR) is 64.4 cm³/mol. The first kappa shape index (κ1) is 12.1. The molecular formula is C14H28. The summed E-state index contributed by atoms with van der Waals surface area (Å²) in [5.41, 5.74) is 0. The largest absolute Gasteiger partial charge is 0.0654 e. The van der Waals surface area contributed by atoms with Gasteiger partial charge in [-0.15, -0.1) is 0 Å². The molecule has 0 aromatic heterocycles. The maximum absolute atomic E-state index is 2.46. The molecule has 1 fully saturated rings. The van der Waals surface area contributed by atoms with Gasteiger partial charge in [0.25, 0.3) is 0 Å². The number of hydrogen-bond donors (Lipinski definition) is 0. The minimum Gasteiger partial charge on any atom is -0.0654 e. The van der Waals surface area contributed by atoms with Crippen LogP contribution in [0.5, 0.6) is 0 Å². The summed E-state index contributed by atoms with van der Waals surface area (Å²) in [7, 11) is 0. The van der Waals surface area contributed by atoms with E-state index in [2.05, 4.69) is 20.8 Å². The highest BCUT2D eigenvalue weighted by molar-refractivity contribution is 4.80. The molecule has 0 radical (unpaired) electrons. The molecule has 1 rings (SSSR count). The van der Waals surface area contributed by atoms with Gasteiger partial charge >= 0.3 is 0 Å². The van der Waals surface area contributed by atoms with E-state index in [1.807, 2.05) is 0 Å². The van der Waals surface area contributed by atoms with Crippen LogP contribution in [0.1, 0.15) is 72.1 Å². The Morgan fingerprint density at radius 1 is 1.14 bits per heavy atom. The molecule has 14 heavy (non-hydrogen) atoms. The summed E-state index contributed by atoms with van der Waals surface area (Å²) in [4.78, 5) is 0. The molecule has 0 N–H and O–H groups in total. The van der Waals surface area contributed by atoms with Crippen LogP contribution in [0.4, 0.5) is 0 Å². The average molecular weight is 196 g/mol. The molecule has 0 aromatic rings. The number of rotatable bonds is 6. The van der Waals surface area contributed by atoms with Gasteiger partial charge < -0.3 is 0 Å². The van der Waals surface area contributed by atoms with Crippen molar-refractivity contribution in [3.05, 3.63) is 0 Å². The lowest BCUT2D eigenvalue weighted by molar-refractivity contribution is 0.255. The lowest BCUT2D eigenvalue weighted by atomic mass is 9.81. The molecule has 0 spiro atoms. The fourth-order valence-electron chi connectivity index (χ4n) is 3.13. The van der Waals surface area contributed by atoms with Crippen molar-refractivity contribution in [2.45, 2.75) is 72.1 Å². The normalized spacial score (nSPS) is 29.4. The van der Waals surface area contributed by atoms with Crippen LogP contribution in [0.15, 0.2) is 0 Å². The van der Waals surface area contributed by atoms with Crippen molar-refractivity contribution in [2.24, 2.45) is 17.8 Å². The topological polar surface area (TPSA) is 0 Å². The highest BCUT2D eigenvalue weighted by Crippen LogP contribution is 2.40. The smallest absolute Gasteiger partial charge is 0.0360 e. The van der Waals surface area contributed by atoms with Crippen LogP contribution >= 0.6 is 0 Å². The van der Waals surface area contributed by atoms with Crippen molar-refractivity contribution in [1.82, 2.24) is 0 Å². The van der Waals surface area contributed by atoms with Crippen molar-refractivity contribution in [2.75, 3.05) is 0 Å². The Bertz CT molecular complexity index is 139. The SMILES string of the molecule is CCCCCC1CCCC1C(C)CC. The zero-order valence-corrected chi connectivity index (χ0v) is 10.4. The molecule has 3 atom stereocenters. The summed E-state index contributed by atoms with van der Waals surface area (Å²) < 4.78 is 0. The van der Waals surface area contributed by atoms with Crippen LogP contribution < -0.4 is 0 Å². The van der Waals surface area contributed by atoms with Gasteiger partial charge in [0, 0.05) is 0 Å². The molecule has 0 heteroatoms. The highest BCUT2D eigenvalue weighted by Gasteiger charge is 2.29. The monoisotopic (exact) mass is 196 g/mol. The first-order valence-electron chi connectivity index (χ1n) is 6.79. The Morgan fingerprint density at radius 2 is 1.93 bits per heavy atom.